The number of para-hydroxylation sites is 1. The van der Waals surface area contributed by atoms with Crippen LogP contribution in [0.15, 0.2) is 61.2 Å². The summed E-state index contributed by atoms with van der Waals surface area (Å²) in [7, 11) is 0. The Morgan fingerprint density at radius 2 is 1.79 bits per heavy atom. The monoisotopic (exact) mass is 460 g/mol. The molecule has 3 rings (SSSR count). The number of carbonyl (C=O) groups is 2. The second kappa shape index (κ2) is 10.9. The predicted molar refractivity (Wildman–Crippen MR) is 121 cm³/mol. The van der Waals surface area contributed by atoms with E-state index < -0.39 is 11.7 Å². The maximum absolute atomic E-state index is 12.9. The Morgan fingerprint density at radius 3 is 2.48 bits per heavy atom. The fourth-order valence-electron chi connectivity index (χ4n) is 3.74. The molecule has 2 aromatic rings. The number of alkyl halides is 3. The lowest BCUT2D eigenvalue weighted by Crippen LogP contribution is -2.48. The molecule has 0 bridgehead atoms. The van der Waals surface area contributed by atoms with E-state index in [0.29, 0.717) is 30.8 Å². The van der Waals surface area contributed by atoms with Gasteiger partial charge in [-0.15, -0.1) is 6.58 Å². The molecule has 0 spiro atoms. The molecular formula is C24H27F3N4O2. The number of hydrogen-bond donors (Lipinski definition) is 3. The molecule has 3 N–H and O–H groups in total. The molecule has 1 aliphatic heterocycles. The van der Waals surface area contributed by atoms with E-state index in [1.807, 2.05) is 12.1 Å². The third-order valence-electron chi connectivity index (χ3n) is 5.43. The van der Waals surface area contributed by atoms with Gasteiger partial charge in [0.25, 0.3) is 5.91 Å². The normalized spacial score (nSPS) is 14.5. The van der Waals surface area contributed by atoms with Crippen molar-refractivity contribution in [2.75, 3.05) is 24.5 Å². The lowest BCUT2D eigenvalue weighted by molar-refractivity contribution is -0.137. The second-order valence-electron chi connectivity index (χ2n) is 7.80. The maximum atomic E-state index is 12.9. The zero-order valence-electron chi connectivity index (χ0n) is 18.1. The van der Waals surface area contributed by atoms with Gasteiger partial charge in [0.1, 0.15) is 0 Å². The van der Waals surface area contributed by atoms with E-state index in [4.69, 9.17) is 0 Å². The smallest absolute Gasteiger partial charge is 0.371 e. The van der Waals surface area contributed by atoms with E-state index in [0.717, 1.165) is 30.7 Å². The summed E-state index contributed by atoms with van der Waals surface area (Å²) in [5.74, 6) is -0.355. The molecule has 1 saturated heterocycles. The summed E-state index contributed by atoms with van der Waals surface area (Å²) < 4.78 is 38.8. The lowest BCUT2D eigenvalue weighted by Gasteiger charge is -2.34. The van der Waals surface area contributed by atoms with Gasteiger partial charge in [0.2, 0.25) is 0 Å². The highest BCUT2D eigenvalue weighted by Gasteiger charge is 2.30. The minimum Gasteiger partial charge on any atom is -0.371 e. The van der Waals surface area contributed by atoms with Crippen molar-refractivity contribution in [2.45, 2.75) is 31.6 Å². The van der Waals surface area contributed by atoms with Crippen LogP contribution in [0, 0.1) is 0 Å². The number of nitrogens with one attached hydrogen (secondary N) is 3. The maximum Gasteiger partial charge on any atom is 0.416 e. The first-order chi connectivity index (χ1) is 15.8. The van der Waals surface area contributed by atoms with Crippen molar-refractivity contribution in [1.82, 2.24) is 16.0 Å². The summed E-state index contributed by atoms with van der Waals surface area (Å²) in [5, 5.41) is 8.34. The highest BCUT2D eigenvalue weighted by molar-refractivity contribution is 5.99. The van der Waals surface area contributed by atoms with E-state index in [-0.39, 0.29) is 24.5 Å². The molecular weight excluding hydrogens is 433 g/mol. The Morgan fingerprint density at radius 1 is 1.06 bits per heavy atom. The van der Waals surface area contributed by atoms with Crippen LogP contribution in [0.4, 0.5) is 23.7 Å². The van der Waals surface area contributed by atoms with E-state index in [1.165, 1.54) is 6.07 Å². The number of benzene rings is 2. The van der Waals surface area contributed by atoms with Crippen LogP contribution >= 0.6 is 0 Å². The minimum atomic E-state index is -4.43. The standard InChI is InChI=1S/C24H27F3N4O2/c1-2-12-28-23(33)30-19-10-13-31(14-11-19)21-9-4-3-8-20(21)22(32)29-16-17-6-5-7-18(15-17)24(25,26)27/h2-9,15,19H,1,10-14,16H2,(H,29,32)(H2,28,30,33). The van der Waals surface area contributed by atoms with Crippen LogP contribution in [0.1, 0.15) is 34.3 Å². The Hall–Kier alpha value is -3.49. The molecule has 9 heteroatoms. The van der Waals surface area contributed by atoms with Crippen LogP contribution in [0.3, 0.4) is 0 Å². The molecule has 0 atom stereocenters. The first kappa shape index (κ1) is 24.2. The number of halogens is 3. The van der Waals surface area contributed by atoms with Gasteiger partial charge in [0, 0.05) is 37.9 Å². The Bertz CT molecular complexity index is 986. The van der Waals surface area contributed by atoms with Crippen LogP contribution < -0.4 is 20.9 Å². The number of amides is 3. The van der Waals surface area contributed by atoms with Crippen molar-refractivity contribution < 1.29 is 22.8 Å². The number of piperidine rings is 1. The summed E-state index contributed by atoms with van der Waals surface area (Å²) in [4.78, 5) is 26.8. The number of urea groups is 1. The molecule has 1 aliphatic rings. The molecule has 2 aromatic carbocycles. The summed E-state index contributed by atoms with van der Waals surface area (Å²) in [6, 6.07) is 11.9. The quantitative estimate of drug-likeness (QED) is 0.545. The predicted octanol–water partition coefficient (Wildman–Crippen LogP) is 4.09. The van der Waals surface area contributed by atoms with Crippen LogP contribution in [0.5, 0.6) is 0 Å². The van der Waals surface area contributed by atoms with Gasteiger partial charge in [0.05, 0.1) is 11.1 Å². The topological polar surface area (TPSA) is 73.5 Å². The van der Waals surface area contributed by atoms with Crippen molar-refractivity contribution in [2.24, 2.45) is 0 Å². The molecule has 6 nitrogen and oxygen atoms in total. The SMILES string of the molecule is C=CCNC(=O)NC1CCN(c2ccccc2C(=O)NCc2cccc(C(F)(F)F)c2)CC1. The first-order valence-corrected chi connectivity index (χ1v) is 10.7. The highest BCUT2D eigenvalue weighted by Crippen LogP contribution is 2.29. The van der Waals surface area contributed by atoms with Crippen LogP contribution in [0.25, 0.3) is 0 Å². The zero-order valence-corrected chi connectivity index (χ0v) is 18.1. The van der Waals surface area contributed by atoms with Crippen molar-refractivity contribution in [1.29, 1.82) is 0 Å². The molecule has 1 fully saturated rings. The molecule has 33 heavy (non-hydrogen) atoms. The van der Waals surface area contributed by atoms with Crippen molar-refractivity contribution in [3.63, 3.8) is 0 Å². The summed E-state index contributed by atoms with van der Waals surface area (Å²) in [6.07, 6.45) is -1.37. The molecule has 0 saturated carbocycles. The fourth-order valence-corrected chi connectivity index (χ4v) is 3.74. The summed E-state index contributed by atoms with van der Waals surface area (Å²) in [5.41, 5.74) is 0.842. The van der Waals surface area contributed by atoms with Gasteiger partial charge in [-0.2, -0.15) is 13.2 Å². The molecule has 1 heterocycles. The van der Waals surface area contributed by atoms with Gasteiger partial charge in [-0.1, -0.05) is 30.3 Å². The molecule has 0 aliphatic carbocycles. The molecule has 0 radical (unpaired) electrons. The number of rotatable bonds is 7. The van der Waals surface area contributed by atoms with Gasteiger partial charge >= 0.3 is 12.2 Å². The van der Waals surface area contributed by atoms with Gasteiger partial charge in [-0.05, 0) is 42.7 Å². The van der Waals surface area contributed by atoms with Gasteiger partial charge in [-0.3, -0.25) is 4.79 Å². The number of hydrogen-bond acceptors (Lipinski definition) is 3. The van der Waals surface area contributed by atoms with Gasteiger partial charge in [0.15, 0.2) is 0 Å². The number of nitrogens with zero attached hydrogens (tertiary/aromatic N) is 1. The third-order valence-corrected chi connectivity index (χ3v) is 5.43. The molecule has 176 valence electrons. The number of carbonyl (C=O) groups excluding carboxylic acids is 2. The second-order valence-corrected chi connectivity index (χ2v) is 7.80. The summed E-state index contributed by atoms with van der Waals surface area (Å²) in [6.45, 7) is 5.26. The minimum absolute atomic E-state index is 0.0110. The van der Waals surface area contributed by atoms with Crippen molar-refractivity contribution in [3.8, 4) is 0 Å². The molecule has 0 unspecified atom stereocenters. The van der Waals surface area contributed by atoms with Gasteiger partial charge in [-0.25, -0.2) is 4.79 Å². The van der Waals surface area contributed by atoms with Crippen molar-refractivity contribution in [3.05, 3.63) is 77.9 Å². The number of anilines is 1. The van der Waals surface area contributed by atoms with Crippen LogP contribution in [0.2, 0.25) is 0 Å². The Balaban J connectivity index is 1.60. The zero-order chi connectivity index (χ0) is 23.8. The summed E-state index contributed by atoms with van der Waals surface area (Å²) >= 11 is 0. The average molecular weight is 461 g/mol. The third kappa shape index (κ3) is 6.74. The lowest BCUT2D eigenvalue weighted by atomic mass is 10.0. The Kier molecular flexibility index (Phi) is 7.97. The van der Waals surface area contributed by atoms with E-state index in [2.05, 4.69) is 27.4 Å². The highest BCUT2D eigenvalue weighted by atomic mass is 19.4. The average Bonchev–Trinajstić information content (AvgIpc) is 2.81. The van der Waals surface area contributed by atoms with E-state index in [9.17, 15) is 22.8 Å². The van der Waals surface area contributed by atoms with E-state index in [1.54, 1.807) is 24.3 Å². The Labute approximate surface area is 190 Å². The molecule has 3 amide bonds. The molecule has 0 aromatic heterocycles. The van der Waals surface area contributed by atoms with Crippen LogP contribution in [-0.4, -0.2) is 37.6 Å². The van der Waals surface area contributed by atoms with Crippen molar-refractivity contribution >= 4 is 17.6 Å². The largest absolute Gasteiger partial charge is 0.416 e. The van der Waals surface area contributed by atoms with Gasteiger partial charge < -0.3 is 20.9 Å². The fraction of sp³-hybridized carbons (Fsp3) is 0.333. The first-order valence-electron chi connectivity index (χ1n) is 10.7. The van der Waals surface area contributed by atoms with E-state index >= 15 is 0 Å². The van der Waals surface area contributed by atoms with Crippen LogP contribution in [-0.2, 0) is 12.7 Å².